The molecule has 7 nitrogen and oxygen atoms in total. The number of piperazine rings is 1. The molecule has 2 amide bonds. The third-order valence-corrected chi connectivity index (χ3v) is 4.37. The monoisotopic (exact) mass is 396 g/mol. The van der Waals surface area contributed by atoms with Crippen molar-refractivity contribution in [2.75, 3.05) is 29.9 Å². The molecule has 24 heavy (non-hydrogen) atoms. The lowest BCUT2D eigenvalue weighted by atomic mass is 10.1. The molecule has 8 heteroatoms. The number of nitrogens with one attached hydrogen (secondary N) is 1. The minimum Gasteiger partial charge on any atom is -0.444 e. The zero-order valence-corrected chi connectivity index (χ0v) is 15.6. The first-order valence-electron chi connectivity index (χ1n) is 7.93. The third-order valence-electron chi connectivity index (χ3n) is 3.93. The smallest absolute Gasteiger partial charge is 0.410 e. The van der Waals surface area contributed by atoms with Crippen molar-refractivity contribution in [1.82, 2.24) is 9.88 Å². The van der Waals surface area contributed by atoms with E-state index in [0.717, 1.165) is 10.3 Å². The Balaban J connectivity index is 1.81. The number of carbonyl (C=O) groups is 2. The fourth-order valence-electron chi connectivity index (χ4n) is 2.97. The molecule has 3 heterocycles. The predicted molar refractivity (Wildman–Crippen MR) is 94.1 cm³/mol. The first-order valence-corrected chi connectivity index (χ1v) is 8.72. The highest BCUT2D eigenvalue weighted by Gasteiger charge is 2.36. The number of nitrogens with zero attached hydrogens (tertiary/aromatic N) is 3. The van der Waals surface area contributed by atoms with Crippen molar-refractivity contribution in [3.63, 3.8) is 0 Å². The summed E-state index contributed by atoms with van der Waals surface area (Å²) < 4.78 is 6.26. The second-order valence-electron chi connectivity index (χ2n) is 7.05. The number of aromatic nitrogens is 1. The van der Waals surface area contributed by atoms with Crippen molar-refractivity contribution < 1.29 is 14.3 Å². The average Bonchev–Trinajstić information content (AvgIpc) is 2.59. The zero-order chi connectivity index (χ0) is 17.5. The van der Waals surface area contributed by atoms with Crippen molar-refractivity contribution in [3.05, 3.63) is 16.7 Å². The van der Waals surface area contributed by atoms with E-state index >= 15 is 0 Å². The standard InChI is InChI=1S/C16H21BrN4O3/c1-16(2,3)24-15(23)20-4-5-21-11(9-20)7-13(22)19-12-6-10(17)8-18-14(12)21/h6,8,11H,4-5,7,9H2,1-3H3,(H,19,22). The van der Waals surface area contributed by atoms with Crippen LogP contribution in [-0.2, 0) is 9.53 Å². The van der Waals surface area contributed by atoms with E-state index in [1.807, 2.05) is 26.8 Å². The number of rotatable bonds is 0. The number of hydrogen-bond donors (Lipinski definition) is 1. The first kappa shape index (κ1) is 17.0. The highest BCUT2D eigenvalue weighted by molar-refractivity contribution is 9.10. The minimum atomic E-state index is -0.532. The van der Waals surface area contributed by atoms with Crippen LogP contribution in [0.4, 0.5) is 16.3 Å². The van der Waals surface area contributed by atoms with Crippen molar-refractivity contribution in [1.29, 1.82) is 0 Å². The van der Waals surface area contributed by atoms with Gasteiger partial charge in [-0.25, -0.2) is 9.78 Å². The van der Waals surface area contributed by atoms with Crippen LogP contribution in [0.5, 0.6) is 0 Å². The molecule has 1 aromatic heterocycles. The van der Waals surface area contributed by atoms with Gasteiger partial charge < -0.3 is 19.9 Å². The second kappa shape index (κ2) is 6.23. The van der Waals surface area contributed by atoms with Gasteiger partial charge in [-0.05, 0) is 42.8 Å². The Morgan fingerprint density at radius 3 is 2.88 bits per heavy atom. The van der Waals surface area contributed by atoms with Gasteiger partial charge in [-0.15, -0.1) is 0 Å². The Bertz CT molecular complexity index is 674. The summed E-state index contributed by atoms with van der Waals surface area (Å²) in [5.41, 5.74) is 0.165. The molecule has 1 fully saturated rings. The Labute approximate surface area is 149 Å². The molecule has 0 aromatic carbocycles. The number of halogens is 1. The fourth-order valence-corrected chi connectivity index (χ4v) is 3.30. The molecule has 1 N–H and O–H groups in total. The quantitative estimate of drug-likeness (QED) is 0.729. The Morgan fingerprint density at radius 2 is 2.17 bits per heavy atom. The molecule has 0 saturated carbocycles. The maximum atomic E-state index is 12.3. The van der Waals surface area contributed by atoms with Crippen LogP contribution in [0.2, 0.25) is 0 Å². The molecule has 0 radical (unpaired) electrons. The number of hydrogen-bond acceptors (Lipinski definition) is 5. The molecular weight excluding hydrogens is 376 g/mol. The van der Waals surface area contributed by atoms with Gasteiger partial charge in [-0.2, -0.15) is 0 Å². The summed E-state index contributed by atoms with van der Waals surface area (Å²) in [7, 11) is 0. The van der Waals surface area contributed by atoms with Crippen LogP contribution < -0.4 is 10.2 Å². The van der Waals surface area contributed by atoms with E-state index in [1.54, 1.807) is 11.1 Å². The van der Waals surface area contributed by atoms with Gasteiger partial charge in [0.05, 0.1) is 11.7 Å². The van der Waals surface area contributed by atoms with Gasteiger partial charge in [0.2, 0.25) is 5.91 Å². The summed E-state index contributed by atoms with van der Waals surface area (Å²) in [6.07, 6.45) is 1.69. The fraction of sp³-hybridized carbons (Fsp3) is 0.562. The number of carbonyl (C=O) groups excluding carboxylic acids is 2. The van der Waals surface area contributed by atoms with Gasteiger partial charge in [0.15, 0.2) is 5.82 Å². The summed E-state index contributed by atoms with van der Waals surface area (Å²) in [5, 5.41) is 2.89. The lowest BCUT2D eigenvalue weighted by Crippen LogP contribution is -2.56. The zero-order valence-electron chi connectivity index (χ0n) is 14.0. The van der Waals surface area contributed by atoms with E-state index in [1.165, 1.54) is 0 Å². The summed E-state index contributed by atoms with van der Waals surface area (Å²) in [6.45, 7) is 7.13. The molecule has 1 atom stereocenters. The Hall–Kier alpha value is -1.83. The lowest BCUT2D eigenvalue weighted by Gasteiger charge is -2.41. The summed E-state index contributed by atoms with van der Waals surface area (Å²) >= 11 is 3.38. The molecule has 0 aliphatic carbocycles. The first-order chi connectivity index (χ1) is 11.2. The molecule has 0 spiro atoms. The van der Waals surface area contributed by atoms with Crippen molar-refractivity contribution in [2.45, 2.75) is 38.8 Å². The van der Waals surface area contributed by atoms with E-state index < -0.39 is 5.60 Å². The number of amides is 2. The minimum absolute atomic E-state index is 0.0744. The van der Waals surface area contributed by atoms with Gasteiger partial charge in [0.25, 0.3) is 0 Å². The average molecular weight is 397 g/mol. The molecule has 3 rings (SSSR count). The van der Waals surface area contributed by atoms with Crippen LogP contribution in [0.15, 0.2) is 16.7 Å². The molecule has 1 unspecified atom stereocenters. The summed E-state index contributed by atoms with van der Waals surface area (Å²) in [6, 6.07) is 1.74. The predicted octanol–water partition coefficient (Wildman–Crippen LogP) is 2.61. The molecule has 1 saturated heterocycles. The third kappa shape index (κ3) is 3.63. The molecule has 2 aliphatic rings. The largest absolute Gasteiger partial charge is 0.444 e. The maximum absolute atomic E-state index is 12.3. The van der Waals surface area contributed by atoms with Crippen LogP contribution in [0.25, 0.3) is 0 Å². The Morgan fingerprint density at radius 1 is 1.42 bits per heavy atom. The summed E-state index contributed by atoms with van der Waals surface area (Å²) in [4.78, 5) is 32.7. The summed E-state index contributed by atoms with van der Waals surface area (Å²) in [5.74, 6) is 0.674. The van der Waals surface area contributed by atoms with Gasteiger partial charge in [-0.1, -0.05) is 0 Å². The SMILES string of the molecule is CC(C)(C)OC(=O)N1CCN2c3ncc(Br)cc3NC(=O)CC2C1. The van der Waals surface area contributed by atoms with Crippen molar-refractivity contribution in [3.8, 4) is 0 Å². The van der Waals surface area contributed by atoms with Crippen LogP contribution in [0.3, 0.4) is 0 Å². The molecule has 130 valence electrons. The van der Waals surface area contributed by atoms with Gasteiger partial charge in [0, 0.05) is 36.7 Å². The van der Waals surface area contributed by atoms with Crippen molar-refractivity contribution in [2.24, 2.45) is 0 Å². The van der Waals surface area contributed by atoms with E-state index in [0.29, 0.717) is 31.7 Å². The molecular formula is C16H21BrN4O3. The number of pyridine rings is 1. The molecule has 2 aliphatic heterocycles. The number of anilines is 2. The molecule has 1 aromatic rings. The number of fused-ring (bicyclic) bond motifs is 3. The Kier molecular flexibility index (Phi) is 4.42. The van der Waals surface area contributed by atoms with Crippen LogP contribution >= 0.6 is 15.9 Å². The van der Waals surface area contributed by atoms with Crippen molar-refractivity contribution >= 4 is 39.4 Å². The highest BCUT2D eigenvalue weighted by atomic mass is 79.9. The van der Waals surface area contributed by atoms with Gasteiger partial charge in [-0.3, -0.25) is 4.79 Å². The number of ether oxygens (including phenoxy) is 1. The van der Waals surface area contributed by atoms with Crippen LogP contribution in [0.1, 0.15) is 27.2 Å². The second-order valence-corrected chi connectivity index (χ2v) is 7.97. The van der Waals surface area contributed by atoms with Crippen LogP contribution in [0, 0.1) is 0 Å². The van der Waals surface area contributed by atoms with E-state index in [2.05, 4.69) is 31.1 Å². The maximum Gasteiger partial charge on any atom is 0.410 e. The normalized spacial score (nSPS) is 20.7. The van der Waals surface area contributed by atoms with E-state index in [9.17, 15) is 9.59 Å². The van der Waals surface area contributed by atoms with Gasteiger partial charge >= 0.3 is 6.09 Å². The lowest BCUT2D eigenvalue weighted by molar-refractivity contribution is -0.116. The highest BCUT2D eigenvalue weighted by Crippen LogP contribution is 2.33. The topological polar surface area (TPSA) is 74.8 Å². The van der Waals surface area contributed by atoms with Crippen LogP contribution in [-0.4, -0.2) is 53.2 Å². The van der Waals surface area contributed by atoms with Gasteiger partial charge in [0.1, 0.15) is 5.60 Å². The molecule has 0 bridgehead atoms. The van der Waals surface area contributed by atoms with E-state index in [-0.39, 0.29) is 18.0 Å². The van der Waals surface area contributed by atoms with E-state index in [4.69, 9.17) is 4.74 Å².